The molecular formula is C15H14O6S. The highest BCUT2D eigenvalue weighted by molar-refractivity contribution is 7.86. The topological polar surface area (TPSA) is 89.9 Å². The van der Waals surface area contributed by atoms with Crippen LogP contribution in [0.2, 0.25) is 0 Å². The molecule has 2 aromatic rings. The number of para-hydroxylation sites is 2. The van der Waals surface area contributed by atoms with E-state index in [4.69, 9.17) is 14.0 Å². The van der Waals surface area contributed by atoms with Crippen molar-refractivity contribution in [1.82, 2.24) is 0 Å². The Morgan fingerprint density at radius 1 is 1.09 bits per heavy atom. The van der Waals surface area contributed by atoms with Crippen LogP contribution in [-0.2, 0) is 21.3 Å². The molecule has 0 aliphatic rings. The van der Waals surface area contributed by atoms with Gasteiger partial charge < -0.3 is 14.0 Å². The van der Waals surface area contributed by atoms with Gasteiger partial charge in [-0.3, -0.25) is 4.79 Å². The molecule has 0 heterocycles. The third-order valence-corrected chi connectivity index (χ3v) is 3.05. The molecule has 0 saturated heterocycles. The van der Waals surface area contributed by atoms with E-state index in [-0.39, 0.29) is 17.9 Å². The van der Waals surface area contributed by atoms with E-state index in [0.717, 1.165) is 6.26 Å². The first-order valence-corrected chi connectivity index (χ1v) is 8.12. The number of carboxylic acids is 1. The highest BCUT2D eigenvalue weighted by Crippen LogP contribution is 2.32. The van der Waals surface area contributed by atoms with E-state index >= 15 is 0 Å². The van der Waals surface area contributed by atoms with Crippen molar-refractivity contribution in [2.24, 2.45) is 0 Å². The molecule has 7 heteroatoms. The Hall–Kier alpha value is -2.54. The lowest BCUT2D eigenvalue weighted by Gasteiger charge is -2.11. The van der Waals surface area contributed by atoms with Crippen LogP contribution in [0.3, 0.4) is 0 Å². The Kier molecular flexibility index (Phi) is 4.67. The molecule has 0 radical (unpaired) electrons. The summed E-state index contributed by atoms with van der Waals surface area (Å²) in [5.74, 6) is -0.268. The van der Waals surface area contributed by atoms with Crippen LogP contribution in [0.1, 0.15) is 5.56 Å². The molecule has 6 nitrogen and oxygen atoms in total. The van der Waals surface area contributed by atoms with Crippen LogP contribution in [0.25, 0.3) is 0 Å². The van der Waals surface area contributed by atoms with E-state index in [2.05, 4.69) is 0 Å². The van der Waals surface area contributed by atoms with Gasteiger partial charge in [0.2, 0.25) is 0 Å². The van der Waals surface area contributed by atoms with Crippen molar-refractivity contribution in [3.63, 3.8) is 0 Å². The van der Waals surface area contributed by atoms with E-state index < -0.39 is 16.1 Å². The molecular weight excluding hydrogens is 308 g/mol. The van der Waals surface area contributed by atoms with Crippen molar-refractivity contribution in [1.29, 1.82) is 0 Å². The van der Waals surface area contributed by atoms with Gasteiger partial charge in [-0.2, -0.15) is 8.42 Å². The summed E-state index contributed by atoms with van der Waals surface area (Å²) >= 11 is 0. The second-order valence-corrected chi connectivity index (χ2v) is 6.13. The maximum atomic E-state index is 11.2. The Morgan fingerprint density at radius 3 is 2.41 bits per heavy atom. The monoisotopic (exact) mass is 322 g/mol. The molecule has 1 N–H and O–H groups in total. The van der Waals surface area contributed by atoms with Crippen LogP contribution >= 0.6 is 0 Å². The van der Waals surface area contributed by atoms with Crippen molar-refractivity contribution in [3.8, 4) is 17.2 Å². The summed E-state index contributed by atoms with van der Waals surface area (Å²) in [4.78, 5) is 10.7. The number of hydrogen-bond acceptors (Lipinski definition) is 5. The van der Waals surface area contributed by atoms with Crippen molar-refractivity contribution < 1.29 is 27.2 Å². The number of hydrogen-bond donors (Lipinski definition) is 1. The van der Waals surface area contributed by atoms with E-state index in [1.807, 2.05) is 0 Å². The van der Waals surface area contributed by atoms with Crippen LogP contribution in [0.15, 0.2) is 48.5 Å². The second-order valence-electron chi connectivity index (χ2n) is 4.55. The summed E-state index contributed by atoms with van der Waals surface area (Å²) < 4.78 is 32.9. The minimum atomic E-state index is -3.67. The van der Waals surface area contributed by atoms with Gasteiger partial charge in [-0.05, 0) is 29.8 Å². The molecule has 0 fully saturated rings. The number of benzene rings is 2. The number of rotatable bonds is 6. The van der Waals surface area contributed by atoms with E-state index in [0.29, 0.717) is 11.3 Å². The van der Waals surface area contributed by atoms with Gasteiger partial charge in [0.1, 0.15) is 5.75 Å². The minimum absolute atomic E-state index is 0.0636. The SMILES string of the molecule is CS(=O)(=O)Oc1ccccc1Oc1cccc(CC(=O)O)c1. The molecule has 0 bridgehead atoms. The smallest absolute Gasteiger partial charge is 0.307 e. The van der Waals surface area contributed by atoms with Gasteiger partial charge in [0, 0.05) is 0 Å². The summed E-state index contributed by atoms with van der Waals surface area (Å²) in [5.41, 5.74) is 0.575. The Balaban J connectivity index is 2.26. The van der Waals surface area contributed by atoms with E-state index in [1.165, 1.54) is 6.07 Å². The van der Waals surface area contributed by atoms with Crippen LogP contribution in [0.4, 0.5) is 0 Å². The maximum Gasteiger partial charge on any atom is 0.307 e. The minimum Gasteiger partial charge on any atom is -0.481 e. The molecule has 0 aromatic heterocycles. The Bertz CT molecular complexity index is 782. The van der Waals surface area contributed by atoms with E-state index in [1.54, 1.807) is 42.5 Å². The summed E-state index contributed by atoms with van der Waals surface area (Å²) in [6, 6.07) is 12.9. The van der Waals surface area contributed by atoms with Gasteiger partial charge in [-0.15, -0.1) is 0 Å². The molecule has 0 amide bonds. The summed E-state index contributed by atoms with van der Waals surface area (Å²) in [6.45, 7) is 0. The third kappa shape index (κ3) is 4.78. The van der Waals surface area contributed by atoms with Crippen LogP contribution in [0, 0.1) is 0 Å². The summed E-state index contributed by atoms with van der Waals surface area (Å²) in [5, 5.41) is 8.79. The van der Waals surface area contributed by atoms with Crippen molar-refractivity contribution in [2.75, 3.05) is 6.26 Å². The normalized spacial score (nSPS) is 11.0. The van der Waals surface area contributed by atoms with Crippen molar-refractivity contribution in [3.05, 3.63) is 54.1 Å². The number of aliphatic carboxylic acids is 1. The molecule has 0 unspecified atom stereocenters. The van der Waals surface area contributed by atoms with Crippen LogP contribution in [-0.4, -0.2) is 25.7 Å². The Morgan fingerprint density at radius 2 is 1.77 bits per heavy atom. The maximum absolute atomic E-state index is 11.2. The predicted molar refractivity (Wildman–Crippen MR) is 79.8 cm³/mol. The highest BCUT2D eigenvalue weighted by atomic mass is 32.2. The summed E-state index contributed by atoms with van der Waals surface area (Å²) in [6.07, 6.45) is 0.815. The summed E-state index contributed by atoms with van der Waals surface area (Å²) in [7, 11) is -3.67. The molecule has 116 valence electrons. The average Bonchev–Trinajstić information content (AvgIpc) is 2.39. The lowest BCUT2D eigenvalue weighted by Crippen LogP contribution is -2.06. The Labute approximate surface area is 128 Å². The fraction of sp³-hybridized carbons (Fsp3) is 0.133. The zero-order valence-corrected chi connectivity index (χ0v) is 12.5. The van der Waals surface area contributed by atoms with E-state index in [9.17, 15) is 13.2 Å². The quantitative estimate of drug-likeness (QED) is 0.822. The van der Waals surface area contributed by atoms with Crippen molar-refractivity contribution in [2.45, 2.75) is 6.42 Å². The first kappa shape index (κ1) is 15.8. The van der Waals surface area contributed by atoms with Gasteiger partial charge in [0.05, 0.1) is 12.7 Å². The fourth-order valence-corrected chi connectivity index (χ4v) is 2.25. The molecule has 0 spiro atoms. The van der Waals surface area contributed by atoms with Gasteiger partial charge in [0.25, 0.3) is 0 Å². The van der Waals surface area contributed by atoms with Gasteiger partial charge in [-0.25, -0.2) is 0 Å². The number of carboxylic acid groups (broad SMARTS) is 1. The third-order valence-electron chi connectivity index (χ3n) is 2.57. The first-order chi connectivity index (χ1) is 10.3. The van der Waals surface area contributed by atoms with Crippen molar-refractivity contribution >= 4 is 16.1 Å². The fourth-order valence-electron chi connectivity index (χ4n) is 1.79. The lowest BCUT2D eigenvalue weighted by molar-refractivity contribution is -0.136. The molecule has 0 aliphatic carbocycles. The number of carbonyl (C=O) groups is 1. The molecule has 0 saturated carbocycles. The molecule has 0 atom stereocenters. The largest absolute Gasteiger partial charge is 0.481 e. The zero-order valence-electron chi connectivity index (χ0n) is 11.7. The molecule has 2 rings (SSSR count). The highest BCUT2D eigenvalue weighted by Gasteiger charge is 2.11. The van der Waals surface area contributed by atoms with Gasteiger partial charge in [0.15, 0.2) is 11.5 Å². The van der Waals surface area contributed by atoms with Gasteiger partial charge >= 0.3 is 16.1 Å². The molecule has 0 aliphatic heterocycles. The predicted octanol–water partition coefficient (Wildman–Crippen LogP) is 2.44. The molecule has 2 aromatic carbocycles. The van der Waals surface area contributed by atoms with Crippen LogP contribution in [0.5, 0.6) is 17.2 Å². The molecule has 22 heavy (non-hydrogen) atoms. The van der Waals surface area contributed by atoms with Crippen LogP contribution < -0.4 is 8.92 Å². The standard InChI is InChI=1S/C15H14O6S/c1-22(18,19)21-14-8-3-2-7-13(14)20-12-6-4-5-11(9-12)10-15(16)17/h2-9H,10H2,1H3,(H,16,17). The lowest BCUT2D eigenvalue weighted by atomic mass is 10.1. The first-order valence-electron chi connectivity index (χ1n) is 6.30. The second kappa shape index (κ2) is 6.48. The zero-order chi connectivity index (χ0) is 16.2. The van der Waals surface area contributed by atoms with Gasteiger partial charge in [-0.1, -0.05) is 24.3 Å². The average molecular weight is 322 g/mol. The number of ether oxygens (including phenoxy) is 1.